The van der Waals surface area contributed by atoms with Gasteiger partial charge in [-0.15, -0.1) is 0 Å². The fourth-order valence-electron chi connectivity index (χ4n) is 0.976. The number of hydrogen-bond acceptors (Lipinski definition) is 5. The Bertz CT molecular complexity index is 415. The molecule has 0 aliphatic heterocycles. The second-order valence-corrected chi connectivity index (χ2v) is 4.11. The summed E-state index contributed by atoms with van der Waals surface area (Å²) in [4.78, 5) is 15.2. The van der Waals surface area contributed by atoms with Gasteiger partial charge in [0, 0.05) is 6.07 Å². The van der Waals surface area contributed by atoms with Crippen molar-refractivity contribution in [3.63, 3.8) is 0 Å². The predicted molar refractivity (Wildman–Crippen MR) is 65.0 cm³/mol. The lowest BCUT2D eigenvalue weighted by Crippen LogP contribution is -2.26. The minimum absolute atomic E-state index is 0.0147. The van der Waals surface area contributed by atoms with Gasteiger partial charge in [-0.3, -0.25) is 4.79 Å². The third-order valence-electron chi connectivity index (χ3n) is 1.71. The molecule has 0 bridgehead atoms. The van der Waals surface area contributed by atoms with E-state index in [1.165, 1.54) is 12.1 Å². The monoisotopic (exact) mass is 298 g/mol. The Hall–Kier alpha value is -0.720. The normalized spacial score (nSPS) is 10.1. The van der Waals surface area contributed by atoms with Crippen LogP contribution in [0.1, 0.15) is 6.42 Å². The molecule has 0 amide bonds. The highest BCUT2D eigenvalue weighted by Gasteiger charge is 2.08. The highest BCUT2D eigenvalue weighted by molar-refractivity contribution is 6.43. The molecule has 5 nitrogen and oxygen atoms in total. The maximum absolute atomic E-state index is 10.9. The smallest absolute Gasteiger partial charge is 0.329 e. The second-order valence-electron chi connectivity index (χ2n) is 2.89. The quantitative estimate of drug-likeness (QED) is 0.496. The van der Waals surface area contributed by atoms with Crippen LogP contribution in [0.5, 0.6) is 5.75 Å². The van der Waals surface area contributed by atoms with Crippen LogP contribution in [0.4, 0.5) is 0 Å². The Morgan fingerprint density at radius 2 is 1.88 bits per heavy atom. The maximum Gasteiger partial charge on any atom is 0.329 e. The minimum Gasteiger partial charge on any atom is -0.491 e. The third kappa shape index (κ3) is 4.57. The van der Waals surface area contributed by atoms with E-state index >= 15 is 0 Å². The predicted octanol–water partition coefficient (Wildman–Crippen LogP) is 2.34. The fraction of sp³-hybridized carbons (Fsp3) is 0.222. The summed E-state index contributed by atoms with van der Waals surface area (Å²) in [6, 6.07) is 2.93. The molecule has 0 fully saturated rings. The van der Waals surface area contributed by atoms with Crippen molar-refractivity contribution in [2.45, 2.75) is 6.42 Å². The summed E-state index contributed by atoms with van der Waals surface area (Å²) < 4.78 is 5.25. The molecule has 3 N–H and O–H groups in total. The number of ether oxygens (including phenoxy) is 1. The summed E-state index contributed by atoms with van der Waals surface area (Å²) in [6.45, 7) is 0.0815. The van der Waals surface area contributed by atoms with Crippen molar-refractivity contribution < 1.29 is 14.4 Å². The lowest BCUT2D eigenvalue weighted by atomic mass is 10.3. The van der Waals surface area contributed by atoms with Crippen molar-refractivity contribution in [1.82, 2.24) is 5.59 Å². The molecule has 0 atom stereocenters. The fourth-order valence-corrected chi connectivity index (χ4v) is 1.57. The maximum atomic E-state index is 10.9. The molecular weight excluding hydrogens is 290 g/mol. The number of nitrogens with two attached hydrogens (primary N) is 1. The van der Waals surface area contributed by atoms with Gasteiger partial charge < -0.3 is 9.57 Å². The van der Waals surface area contributed by atoms with E-state index in [-0.39, 0.29) is 13.0 Å². The molecule has 0 saturated heterocycles. The zero-order chi connectivity index (χ0) is 12.8. The van der Waals surface area contributed by atoms with Gasteiger partial charge in [-0.05, 0) is 6.07 Å². The summed E-state index contributed by atoms with van der Waals surface area (Å²) in [7, 11) is 0. The van der Waals surface area contributed by atoms with Gasteiger partial charge in [0.1, 0.15) is 5.75 Å². The van der Waals surface area contributed by atoms with E-state index in [0.717, 1.165) is 0 Å². The molecule has 0 heterocycles. The first-order valence-corrected chi connectivity index (χ1v) is 5.60. The van der Waals surface area contributed by atoms with Gasteiger partial charge in [-0.25, -0.2) is 5.84 Å². The van der Waals surface area contributed by atoms with E-state index < -0.39 is 5.97 Å². The van der Waals surface area contributed by atoms with Crippen molar-refractivity contribution in [2.24, 2.45) is 5.84 Å². The Morgan fingerprint density at radius 3 is 2.53 bits per heavy atom. The molecule has 0 unspecified atom stereocenters. The van der Waals surface area contributed by atoms with Crippen LogP contribution in [0.2, 0.25) is 15.1 Å². The number of rotatable bonds is 5. The number of benzene rings is 1. The first-order valence-electron chi connectivity index (χ1n) is 4.47. The molecule has 94 valence electrons. The molecule has 1 rings (SSSR count). The Kier molecular flexibility index (Phi) is 5.80. The highest BCUT2D eigenvalue weighted by Crippen LogP contribution is 2.33. The molecule has 1 aromatic rings. The summed E-state index contributed by atoms with van der Waals surface area (Å²) in [6.07, 6.45) is 0.0147. The second kappa shape index (κ2) is 6.88. The molecule has 0 aliphatic rings. The van der Waals surface area contributed by atoms with Gasteiger partial charge in [0.25, 0.3) is 0 Å². The van der Waals surface area contributed by atoms with E-state index in [0.29, 0.717) is 20.8 Å². The molecule has 0 aromatic heterocycles. The Balaban J connectivity index is 2.52. The van der Waals surface area contributed by atoms with Crippen LogP contribution < -0.4 is 16.2 Å². The SMILES string of the molecule is NNOC(=O)CCOc1cc(Cl)c(Cl)cc1Cl. The topological polar surface area (TPSA) is 73.6 Å². The number of hydrogen-bond donors (Lipinski definition) is 2. The third-order valence-corrected chi connectivity index (χ3v) is 2.73. The van der Waals surface area contributed by atoms with Crippen LogP contribution in [0.25, 0.3) is 0 Å². The van der Waals surface area contributed by atoms with E-state index in [1.807, 2.05) is 0 Å². The van der Waals surface area contributed by atoms with Crippen LogP contribution in [-0.4, -0.2) is 12.6 Å². The largest absolute Gasteiger partial charge is 0.491 e. The summed E-state index contributed by atoms with van der Waals surface area (Å²) in [5, 5.41) is 0.956. The average Bonchev–Trinajstić information content (AvgIpc) is 2.26. The molecule has 0 spiro atoms. The van der Waals surface area contributed by atoms with Crippen LogP contribution in [0.15, 0.2) is 12.1 Å². The number of carbonyl (C=O) groups is 1. The number of hydrazine groups is 1. The summed E-state index contributed by atoms with van der Waals surface area (Å²) in [5.41, 5.74) is 1.77. The van der Waals surface area contributed by atoms with Gasteiger partial charge in [0.2, 0.25) is 0 Å². The van der Waals surface area contributed by atoms with Crippen LogP contribution in [0, 0.1) is 0 Å². The van der Waals surface area contributed by atoms with Crippen molar-refractivity contribution in [2.75, 3.05) is 6.61 Å². The highest BCUT2D eigenvalue weighted by atomic mass is 35.5. The number of halogens is 3. The van der Waals surface area contributed by atoms with Crippen LogP contribution in [-0.2, 0) is 9.63 Å². The number of nitrogens with one attached hydrogen (secondary N) is 1. The molecule has 1 aromatic carbocycles. The van der Waals surface area contributed by atoms with Gasteiger partial charge in [-0.1, -0.05) is 40.4 Å². The van der Waals surface area contributed by atoms with E-state index in [4.69, 9.17) is 45.4 Å². The van der Waals surface area contributed by atoms with Crippen molar-refractivity contribution >= 4 is 40.8 Å². The first kappa shape index (κ1) is 14.3. The average molecular weight is 300 g/mol. The first-order chi connectivity index (χ1) is 8.04. The number of carbonyl (C=O) groups excluding carboxylic acids is 1. The Labute approximate surface area is 113 Å². The van der Waals surface area contributed by atoms with E-state index in [2.05, 4.69) is 4.84 Å². The summed E-state index contributed by atoms with van der Waals surface area (Å²) in [5.74, 6) is 4.58. The lowest BCUT2D eigenvalue weighted by molar-refractivity contribution is -0.151. The van der Waals surface area contributed by atoms with Gasteiger partial charge in [-0.2, -0.15) is 0 Å². The molecule has 0 aliphatic carbocycles. The zero-order valence-corrected chi connectivity index (χ0v) is 10.8. The summed E-state index contributed by atoms with van der Waals surface area (Å²) >= 11 is 17.4. The van der Waals surface area contributed by atoms with Gasteiger partial charge >= 0.3 is 5.97 Å². The van der Waals surface area contributed by atoms with Crippen LogP contribution >= 0.6 is 34.8 Å². The molecule has 0 radical (unpaired) electrons. The van der Waals surface area contributed by atoms with Crippen molar-refractivity contribution in [1.29, 1.82) is 0 Å². The molecule has 0 saturated carbocycles. The lowest BCUT2D eigenvalue weighted by Gasteiger charge is -2.08. The molecular formula is C9H9Cl3N2O3. The molecule has 8 heteroatoms. The zero-order valence-electron chi connectivity index (χ0n) is 8.50. The van der Waals surface area contributed by atoms with Gasteiger partial charge in [0.15, 0.2) is 0 Å². The van der Waals surface area contributed by atoms with Gasteiger partial charge in [0.05, 0.1) is 28.1 Å². The molecule has 17 heavy (non-hydrogen) atoms. The standard InChI is InChI=1S/C9H9Cl3N2O3/c10-5-3-7(12)8(4-6(5)11)16-2-1-9(15)17-14-13/h3-4,14H,1-2,13H2. The van der Waals surface area contributed by atoms with Crippen molar-refractivity contribution in [3.8, 4) is 5.75 Å². The minimum atomic E-state index is -0.552. The van der Waals surface area contributed by atoms with Crippen LogP contribution in [0.3, 0.4) is 0 Å². The van der Waals surface area contributed by atoms with E-state index in [1.54, 1.807) is 5.59 Å². The Morgan fingerprint density at radius 1 is 1.24 bits per heavy atom. The van der Waals surface area contributed by atoms with E-state index in [9.17, 15) is 4.79 Å². The van der Waals surface area contributed by atoms with Crippen molar-refractivity contribution in [3.05, 3.63) is 27.2 Å².